The van der Waals surface area contributed by atoms with Crippen LogP contribution in [0.3, 0.4) is 0 Å². The average molecular weight is 270 g/mol. The van der Waals surface area contributed by atoms with Gasteiger partial charge in [0, 0.05) is 11.6 Å². The van der Waals surface area contributed by atoms with Gasteiger partial charge in [0.2, 0.25) is 0 Å². The van der Waals surface area contributed by atoms with Crippen LogP contribution in [0.5, 0.6) is 0 Å². The van der Waals surface area contributed by atoms with Gasteiger partial charge in [0.25, 0.3) is 0 Å². The van der Waals surface area contributed by atoms with Gasteiger partial charge in [-0.05, 0) is 58.2 Å². The van der Waals surface area contributed by atoms with Crippen molar-refractivity contribution in [1.82, 2.24) is 10.2 Å². The fourth-order valence-corrected chi connectivity index (χ4v) is 3.45. The lowest BCUT2D eigenvalue weighted by Crippen LogP contribution is -2.48. The normalized spacial score (nSPS) is 24.3. The summed E-state index contributed by atoms with van der Waals surface area (Å²) in [6.45, 7) is 10.3. The average Bonchev–Trinajstić information content (AvgIpc) is 2.47. The number of piperidine rings is 1. The molecule has 1 rings (SSSR count). The van der Waals surface area contributed by atoms with E-state index in [1.165, 1.54) is 45.2 Å². The molecule has 0 saturated carbocycles. The SMILES string of the molecule is CCNC(CC)(CO)CCCN1CCCCC1CC. The lowest BCUT2D eigenvalue weighted by Gasteiger charge is -2.37. The fraction of sp³-hybridized carbons (Fsp3) is 1.00. The minimum atomic E-state index is -0.0494. The Kier molecular flexibility index (Phi) is 7.96. The van der Waals surface area contributed by atoms with Crippen molar-refractivity contribution in [3.63, 3.8) is 0 Å². The lowest BCUT2D eigenvalue weighted by molar-refractivity contribution is 0.117. The van der Waals surface area contributed by atoms with E-state index in [1.54, 1.807) is 0 Å². The van der Waals surface area contributed by atoms with Gasteiger partial charge in [-0.1, -0.05) is 27.2 Å². The molecule has 0 spiro atoms. The first-order valence-corrected chi connectivity index (χ1v) is 8.31. The molecule has 1 fully saturated rings. The molecule has 2 N–H and O–H groups in total. The summed E-state index contributed by atoms with van der Waals surface area (Å²) in [4.78, 5) is 2.67. The first-order valence-electron chi connectivity index (χ1n) is 8.31. The highest BCUT2D eigenvalue weighted by Crippen LogP contribution is 2.22. The molecule has 2 unspecified atom stereocenters. The molecule has 3 nitrogen and oxygen atoms in total. The van der Waals surface area contributed by atoms with Crippen molar-refractivity contribution in [3.05, 3.63) is 0 Å². The van der Waals surface area contributed by atoms with Gasteiger partial charge >= 0.3 is 0 Å². The van der Waals surface area contributed by atoms with E-state index in [-0.39, 0.29) is 12.1 Å². The van der Waals surface area contributed by atoms with Crippen LogP contribution in [0.2, 0.25) is 0 Å². The van der Waals surface area contributed by atoms with Crippen molar-refractivity contribution in [3.8, 4) is 0 Å². The second kappa shape index (κ2) is 8.93. The van der Waals surface area contributed by atoms with Gasteiger partial charge in [-0.15, -0.1) is 0 Å². The molecular weight excluding hydrogens is 236 g/mol. The number of aliphatic hydroxyl groups is 1. The van der Waals surface area contributed by atoms with Crippen molar-refractivity contribution in [2.24, 2.45) is 0 Å². The van der Waals surface area contributed by atoms with Crippen LogP contribution in [-0.4, -0.2) is 47.8 Å². The van der Waals surface area contributed by atoms with Crippen LogP contribution < -0.4 is 5.32 Å². The zero-order chi connectivity index (χ0) is 14.1. The van der Waals surface area contributed by atoms with Crippen LogP contribution in [-0.2, 0) is 0 Å². The largest absolute Gasteiger partial charge is 0.394 e. The van der Waals surface area contributed by atoms with E-state index in [2.05, 4.69) is 31.0 Å². The molecule has 0 bridgehead atoms. The Labute approximate surface area is 119 Å². The number of hydrogen-bond acceptors (Lipinski definition) is 3. The summed E-state index contributed by atoms with van der Waals surface area (Å²) in [5, 5.41) is 13.2. The maximum Gasteiger partial charge on any atom is 0.0613 e. The van der Waals surface area contributed by atoms with Crippen molar-refractivity contribution in [2.45, 2.75) is 77.3 Å². The molecule has 19 heavy (non-hydrogen) atoms. The number of hydrogen-bond donors (Lipinski definition) is 2. The Bertz CT molecular complexity index is 229. The summed E-state index contributed by atoms with van der Waals surface area (Å²) in [5.74, 6) is 0. The molecule has 3 heteroatoms. The van der Waals surface area contributed by atoms with Gasteiger partial charge in [0.15, 0.2) is 0 Å². The van der Waals surface area contributed by atoms with Crippen LogP contribution in [0.25, 0.3) is 0 Å². The summed E-state index contributed by atoms with van der Waals surface area (Å²) < 4.78 is 0. The second-order valence-corrected chi connectivity index (χ2v) is 6.02. The van der Waals surface area contributed by atoms with Gasteiger partial charge in [0.05, 0.1) is 6.61 Å². The summed E-state index contributed by atoms with van der Waals surface area (Å²) in [6, 6.07) is 0.804. The Morgan fingerprint density at radius 1 is 1.26 bits per heavy atom. The third kappa shape index (κ3) is 5.05. The van der Waals surface area contributed by atoms with E-state index in [0.29, 0.717) is 0 Å². The molecule has 0 amide bonds. The minimum absolute atomic E-state index is 0.0494. The van der Waals surface area contributed by atoms with Crippen molar-refractivity contribution in [2.75, 3.05) is 26.2 Å². The standard InChI is InChI=1S/C16H34N2O/c1-4-15-10-7-8-12-18(15)13-9-11-16(5-2,14-19)17-6-3/h15,17,19H,4-14H2,1-3H3. The third-order valence-corrected chi connectivity index (χ3v) is 4.85. The molecule has 2 atom stereocenters. The van der Waals surface area contributed by atoms with E-state index in [0.717, 1.165) is 25.4 Å². The number of likely N-dealkylation sites (tertiary alicyclic amines) is 1. The maximum absolute atomic E-state index is 9.67. The van der Waals surface area contributed by atoms with Gasteiger partial charge in [-0.3, -0.25) is 0 Å². The highest BCUT2D eigenvalue weighted by Gasteiger charge is 2.26. The molecule has 0 aromatic carbocycles. The van der Waals surface area contributed by atoms with E-state index in [4.69, 9.17) is 0 Å². The monoisotopic (exact) mass is 270 g/mol. The maximum atomic E-state index is 9.67. The van der Waals surface area contributed by atoms with Crippen LogP contribution in [0.15, 0.2) is 0 Å². The zero-order valence-corrected chi connectivity index (χ0v) is 13.2. The number of nitrogens with zero attached hydrogens (tertiary/aromatic N) is 1. The Morgan fingerprint density at radius 2 is 2.05 bits per heavy atom. The lowest BCUT2D eigenvalue weighted by atomic mass is 9.90. The Morgan fingerprint density at radius 3 is 2.63 bits per heavy atom. The van der Waals surface area contributed by atoms with Gasteiger partial charge in [-0.25, -0.2) is 0 Å². The summed E-state index contributed by atoms with van der Waals surface area (Å²) in [7, 11) is 0. The topological polar surface area (TPSA) is 35.5 Å². The van der Waals surface area contributed by atoms with Crippen molar-refractivity contribution < 1.29 is 5.11 Å². The van der Waals surface area contributed by atoms with Gasteiger partial charge < -0.3 is 15.3 Å². The highest BCUT2D eigenvalue weighted by atomic mass is 16.3. The first-order chi connectivity index (χ1) is 9.21. The molecule has 1 aliphatic rings. The molecule has 0 radical (unpaired) electrons. The minimum Gasteiger partial charge on any atom is -0.394 e. The van der Waals surface area contributed by atoms with Crippen LogP contribution in [0.4, 0.5) is 0 Å². The molecule has 114 valence electrons. The summed E-state index contributed by atoms with van der Waals surface area (Å²) in [5.41, 5.74) is -0.0494. The molecule has 1 saturated heterocycles. The molecule has 0 aromatic rings. The van der Waals surface area contributed by atoms with Crippen molar-refractivity contribution in [1.29, 1.82) is 0 Å². The van der Waals surface area contributed by atoms with Gasteiger partial charge in [0.1, 0.15) is 0 Å². The molecule has 1 aliphatic heterocycles. The number of aliphatic hydroxyl groups excluding tert-OH is 1. The molecular formula is C16H34N2O. The van der Waals surface area contributed by atoms with Crippen molar-refractivity contribution >= 4 is 0 Å². The van der Waals surface area contributed by atoms with Crippen LogP contribution >= 0.6 is 0 Å². The third-order valence-electron chi connectivity index (χ3n) is 4.85. The summed E-state index contributed by atoms with van der Waals surface area (Å²) in [6.07, 6.45) is 8.71. The molecule has 0 aromatic heterocycles. The second-order valence-electron chi connectivity index (χ2n) is 6.02. The summed E-state index contributed by atoms with van der Waals surface area (Å²) >= 11 is 0. The number of rotatable bonds is 9. The predicted octanol–water partition coefficient (Wildman–Crippen LogP) is 2.78. The van der Waals surface area contributed by atoms with Crippen LogP contribution in [0, 0.1) is 0 Å². The van der Waals surface area contributed by atoms with E-state index < -0.39 is 0 Å². The number of likely N-dealkylation sites (N-methyl/N-ethyl adjacent to an activating group) is 1. The Hall–Kier alpha value is -0.120. The molecule has 1 heterocycles. The first kappa shape index (κ1) is 16.9. The molecule has 0 aliphatic carbocycles. The van der Waals surface area contributed by atoms with E-state index in [9.17, 15) is 5.11 Å². The predicted molar refractivity (Wildman–Crippen MR) is 82.5 cm³/mol. The van der Waals surface area contributed by atoms with E-state index in [1.807, 2.05) is 0 Å². The number of nitrogens with one attached hydrogen (secondary N) is 1. The van der Waals surface area contributed by atoms with E-state index >= 15 is 0 Å². The highest BCUT2D eigenvalue weighted by molar-refractivity contribution is 4.86. The zero-order valence-electron chi connectivity index (χ0n) is 13.2. The van der Waals surface area contributed by atoms with Gasteiger partial charge in [-0.2, -0.15) is 0 Å². The smallest absolute Gasteiger partial charge is 0.0613 e. The Balaban J connectivity index is 2.38. The van der Waals surface area contributed by atoms with Crippen LogP contribution in [0.1, 0.15) is 65.7 Å². The fourth-order valence-electron chi connectivity index (χ4n) is 3.45. The quantitative estimate of drug-likeness (QED) is 0.676.